The fourth-order valence-corrected chi connectivity index (χ4v) is 4.03. The summed E-state index contributed by atoms with van der Waals surface area (Å²) in [7, 11) is 4.46. The first-order valence-electron chi connectivity index (χ1n) is 8.00. The van der Waals surface area contributed by atoms with E-state index in [9.17, 15) is 0 Å². The molecule has 2 aromatic carbocycles. The molecular formula is C20H22N2. The first-order valence-corrected chi connectivity index (χ1v) is 8.00. The number of aromatic nitrogens is 1. The van der Waals surface area contributed by atoms with E-state index in [-0.39, 0.29) is 0 Å². The fraction of sp³-hybridized carbons (Fsp3) is 0.300. The van der Waals surface area contributed by atoms with E-state index in [1.807, 2.05) is 0 Å². The van der Waals surface area contributed by atoms with E-state index in [1.165, 1.54) is 27.7 Å². The van der Waals surface area contributed by atoms with E-state index in [0.717, 1.165) is 6.54 Å². The van der Waals surface area contributed by atoms with Gasteiger partial charge in [-0.1, -0.05) is 48.5 Å². The third kappa shape index (κ3) is 1.84. The zero-order valence-electron chi connectivity index (χ0n) is 13.5. The van der Waals surface area contributed by atoms with E-state index >= 15 is 0 Å². The van der Waals surface area contributed by atoms with Gasteiger partial charge in [0, 0.05) is 42.1 Å². The summed E-state index contributed by atoms with van der Waals surface area (Å²) in [5.74, 6) is 0.423. The Morgan fingerprint density at radius 3 is 2.36 bits per heavy atom. The first kappa shape index (κ1) is 13.6. The minimum atomic E-state index is 0.423. The van der Waals surface area contributed by atoms with Crippen molar-refractivity contribution >= 4 is 10.9 Å². The lowest BCUT2D eigenvalue weighted by atomic mass is 9.83. The van der Waals surface area contributed by atoms with E-state index in [2.05, 4.69) is 85.1 Å². The van der Waals surface area contributed by atoms with Gasteiger partial charge in [-0.2, -0.15) is 0 Å². The molecule has 22 heavy (non-hydrogen) atoms. The number of likely N-dealkylation sites (N-methyl/N-ethyl adjacent to an activating group) is 1. The van der Waals surface area contributed by atoms with Gasteiger partial charge in [0.2, 0.25) is 0 Å². The van der Waals surface area contributed by atoms with Crippen molar-refractivity contribution in [1.82, 2.24) is 9.47 Å². The number of hydrogen-bond acceptors (Lipinski definition) is 1. The van der Waals surface area contributed by atoms with Gasteiger partial charge >= 0.3 is 0 Å². The number of hydrogen-bond donors (Lipinski definition) is 0. The van der Waals surface area contributed by atoms with Crippen molar-refractivity contribution in [1.29, 1.82) is 0 Å². The summed E-state index contributed by atoms with van der Waals surface area (Å²) in [6.45, 7) is 3.37. The summed E-state index contributed by atoms with van der Waals surface area (Å²) in [5, 5.41) is 1.40. The smallest absolute Gasteiger partial charge is 0.0483 e. The van der Waals surface area contributed by atoms with Gasteiger partial charge in [-0.05, 0) is 31.2 Å². The summed E-state index contributed by atoms with van der Waals surface area (Å²) in [4.78, 5) is 2.48. The lowest BCUT2D eigenvalue weighted by Gasteiger charge is -2.38. The van der Waals surface area contributed by atoms with Crippen molar-refractivity contribution in [3.63, 3.8) is 0 Å². The monoisotopic (exact) mass is 290 g/mol. The van der Waals surface area contributed by atoms with Crippen molar-refractivity contribution in [2.75, 3.05) is 7.05 Å². The standard InChI is InChI=1S/C20H22N2/c1-14-19(15-9-5-4-6-10-15)20-17(13-21(14)2)16-11-7-8-12-18(16)22(20)3/h4-12,14,19H,13H2,1-3H3/t14-,19+/m1/s1. The molecule has 0 saturated carbocycles. The van der Waals surface area contributed by atoms with Crippen molar-refractivity contribution in [2.24, 2.45) is 7.05 Å². The van der Waals surface area contributed by atoms with Crippen LogP contribution in [0.4, 0.5) is 0 Å². The lowest BCUT2D eigenvalue weighted by molar-refractivity contribution is 0.209. The molecule has 0 N–H and O–H groups in total. The second-order valence-corrected chi connectivity index (χ2v) is 6.48. The van der Waals surface area contributed by atoms with Gasteiger partial charge in [0.05, 0.1) is 0 Å². The van der Waals surface area contributed by atoms with Crippen LogP contribution < -0.4 is 0 Å². The molecule has 2 heteroatoms. The van der Waals surface area contributed by atoms with Crippen molar-refractivity contribution in [2.45, 2.75) is 25.4 Å². The van der Waals surface area contributed by atoms with Crippen LogP contribution in [0.1, 0.15) is 29.7 Å². The maximum atomic E-state index is 2.48. The molecular weight excluding hydrogens is 268 g/mol. The van der Waals surface area contributed by atoms with Crippen molar-refractivity contribution in [3.05, 3.63) is 71.4 Å². The predicted molar refractivity (Wildman–Crippen MR) is 92.1 cm³/mol. The average Bonchev–Trinajstić information content (AvgIpc) is 2.83. The summed E-state index contributed by atoms with van der Waals surface area (Å²) < 4.78 is 2.41. The molecule has 1 aliphatic rings. The molecule has 0 unspecified atom stereocenters. The molecule has 0 aliphatic carbocycles. The largest absolute Gasteiger partial charge is 0.347 e. The lowest BCUT2D eigenvalue weighted by Crippen LogP contribution is -2.39. The molecule has 1 aromatic heterocycles. The second-order valence-electron chi connectivity index (χ2n) is 6.48. The Morgan fingerprint density at radius 1 is 0.909 bits per heavy atom. The van der Waals surface area contributed by atoms with Crippen LogP contribution in [0, 0.1) is 0 Å². The molecule has 112 valence electrons. The molecule has 1 aliphatic heterocycles. The van der Waals surface area contributed by atoms with Crippen LogP contribution in [-0.4, -0.2) is 22.6 Å². The predicted octanol–water partition coefficient (Wildman–Crippen LogP) is 4.14. The van der Waals surface area contributed by atoms with Gasteiger partial charge < -0.3 is 4.57 Å². The zero-order chi connectivity index (χ0) is 15.3. The molecule has 0 amide bonds. The van der Waals surface area contributed by atoms with Crippen LogP contribution in [0.5, 0.6) is 0 Å². The Balaban J connectivity index is 2.02. The van der Waals surface area contributed by atoms with Crippen LogP contribution in [0.15, 0.2) is 54.6 Å². The second kappa shape index (κ2) is 4.99. The molecule has 0 fully saturated rings. The zero-order valence-corrected chi connectivity index (χ0v) is 13.5. The number of rotatable bonds is 1. The SMILES string of the molecule is C[C@@H]1[C@@H](c2ccccc2)c2c(c3ccccc3n2C)CN1C. The highest BCUT2D eigenvalue weighted by atomic mass is 15.2. The summed E-state index contributed by atoms with van der Waals surface area (Å²) in [5.41, 5.74) is 5.73. The van der Waals surface area contributed by atoms with Crippen LogP contribution in [-0.2, 0) is 13.6 Å². The highest BCUT2D eigenvalue weighted by Crippen LogP contribution is 2.41. The summed E-state index contributed by atoms with van der Waals surface area (Å²) in [6, 6.07) is 20.2. The number of aryl methyl sites for hydroxylation is 1. The van der Waals surface area contributed by atoms with Crippen LogP contribution in [0.3, 0.4) is 0 Å². The van der Waals surface area contributed by atoms with Crippen LogP contribution >= 0.6 is 0 Å². The average molecular weight is 290 g/mol. The quantitative estimate of drug-likeness (QED) is 0.654. The minimum absolute atomic E-state index is 0.423. The molecule has 4 rings (SSSR count). The summed E-state index contributed by atoms with van der Waals surface area (Å²) in [6.07, 6.45) is 0. The molecule has 0 spiro atoms. The highest BCUT2D eigenvalue weighted by molar-refractivity contribution is 5.86. The van der Waals surface area contributed by atoms with Gasteiger partial charge in [-0.25, -0.2) is 0 Å². The fourth-order valence-electron chi connectivity index (χ4n) is 4.03. The van der Waals surface area contributed by atoms with Crippen molar-refractivity contribution in [3.8, 4) is 0 Å². The topological polar surface area (TPSA) is 8.17 Å². The number of benzene rings is 2. The van der Waals surface area contributed by atoms with Crippen molar-refractivity contribution < 1.29 is 0 Å². The Hall–Kier alpha value is -2.06. The van der Waals surface area contributed by atoms with Gasteiger partial charge in [0.1, 0.15) is 0 Å². The maximum Gasteiger partial charge on any atom is 0.0483 e. The summed E-state index contributed by atoms with van der Waals surface area (Å²) >= 11 is 0. The Bertz CT molecular complexity index is 816. The van der Waals surface area contributed by atoms with Gasteiger partial charge in [-0.3, -0.25) is 4.90 Å². The Kier molecular flexibility index (Phi) is 3.08. The first-order chi connectivity index (χ1) is 10.7. The molecule has 0 saturated heterocycles. The third-order valence-electron chi connectivity index (χ3n) is 5.30. The number of nitrogens with zero attached hydrogens (tertiary/aromatic N) is 2. The maximum absolute atomic E-state index is 2.48. The molecule has 0 bridgehead atoms. The van der Waals surface area contributed by atoms with Gasteiger partial charge in [-0.15, -0.1) is 0 Å². The molecule has 2 atom stereocenters. The van der Waals surface area contributed by atoms with Crippen LogP contribution in [0.2, 0.25) is 0 Å². The Morgan fingerprint density at radius 2 is 1.59 bits per heavy atom. The van der Waals surface area contributed by atoms with E-state index in [1.54, 1.807) is 0 Å². The highest BCUT2D eigenvalue weighted by Gasteiger charge is 2.35. The minimum Gasteiger partial charge on any atom is -0.347 e. The third-order valence-corrected chi connectivity index (χ3v) is 5.30. The number of fused-ring (bicyclic) bond motifs is 3. The molecule has 2 heterocycles. The van der Waals surface area contributed by atoms with Gasteiger partial charge in [0.25, 0.3) is 0 Å². The normalized spacial score (nSPS) is 22.0. The van der Waals surface area contributed by atoms with Gasteiger partial charge in [0.15, 0.2) is 0 Å². The molecule has 3 aromatic rings. The molecule has 2 nitrogen and oxygen atoms in total. The van der Waals surface area contributed by atoms with E-state index in [0.29, 0.717) is 12.0 Å². The Labute approximate surface area is 132 Å². The van der Waals surface area contributed by atoms with Crippen LogP contribution in [0.25, 0.3) is 10.9 Å². The number of para-hydroxylation sites is 1. The molecule has 0 radical (unpaired) electrons. The van der Waals surface area contributed by atoms with E-state index in [4.69, 9.17) is 0 Å². The van der Waals surface area contributed by atoms with E-state index < -0.39 is 0 Å².